The summed E-state index contributed by atoms with van der Waals surface area (Å²) in [6.45, 7) is 3.81. The summed E-state index contributed by atoms with van der Waals surface area (Å²) in [5, 5.41) is 1.81. The number of Topliss-reactive ketones (excluding diaryl/α,β-unsaturated/α-hetero) is 1. The highest BCUT2D eigenvalue weighted by molar-refractivity contribution is 7.12. The average Bonchev–Trinajstić information content (AvgIpc) is 3.26. The molecule has 4 nitrogen and oxygen atoms in total. The Morgan fingerprint density at radius 1 is 1.11 bits per heavy atom. The molecule has 2 aromatic carbocycles. The molecular formula is C22H16O4S. The van der Waals surface area contributed by atoms with E-state index in [4.69, 9.17) is 9.47 Å². The monoisotopic (exact) mass is 376 g/mol. The molecule has 4 rings (SSSR count). The van der Waals surface area contributed by atoms with Gasteiger partial charge < -0.3 is 9.47 Å². The molecule has 1 aromatic heterocycles. The summed E-state index contributed by atoms with van der Waals surface area (Å²) < 4.78 is 11.2. The molecule has 27 heavy (non-hydrogen) atoms. The number of ketones is 1. The fourth-order valence-corrected chi connectivity index (χ4v) is 3.50. The minimum Gasteiger partial charge on any atom is -0.452 e. The van der Waals surface area contributed by atoms with Crippen molar-refractivity contribution in [3.63, 3.8) is 0 Å². The van der Waals surface area contributed by atoms with E-state index in [2.05, 4.69) is 0 Å². The fourth-order valence-electron chi connectivity index (χ4n) is 2.90. The number of carbonyl (C=O) groups is 2. The van der Waals surface area contributed by atoms with E-state index in [0.29, 0.717) is 27.5 Å². The number of allylic oxidation sites excluding steroid dienone is 1. The largest absolute Gasteiger partial charge is 0.452 e. The quantitative estimate of drug-likeness (QED) is 0.358. The summed E-state index contributed by atoms with van der Waals surface area (Å²) in [5.74, 6) is 0.434. The second kappa shape index (κ2) is 6.85. The van der Waals surface area contributed by atoms with Gasteiger partial charge in [0.2, 0.25) is 5.78 Å². The van der Waals surface area contributed by atoms with Crippen LogP contribution in [0.5, 0.6) is 11.5 Å². The van der Waals surface area contributed by atoms with Gasteiger partial charge >= 0.3 is 5.97 Å². The SMILES string of the molecule is Cc1ccc(/C=C2\Oc3cc(OC(=O)c4cccs4)cc(C)c3C2=O)cc1. The van der Waals surface area contributed by atoms with Gasteiger partial charge in [-0.3, -0.25) is 4.79 Å². The summed E-state index contributed by atoms with van der Waals surface area (Å²) in [5.41, 5.74) is 3.24. The molecule has 0 fully saturated rings. The van der Waals surface area contributed by atoms with Gasteiger partial charge in [0, 0.05) is 6.07 Å². The van der Waals surface area contributed by atoms with Crippen LogP contribution in [0.3, 0.4) is 0 Å². The van der Waals surface area contributed by atoms with Crippen LogP contribution in [-0.4, -0.2) is 11.8 Å². The van der Waals surface area contributed by atoms with E-state index in [-0.39, 0.29) is 11.5 Å². The first-order valence-electron chi connectivity index (χ1n) is 8.42. The number of ether oxygens (including phenoxy) is 2. The molecule has 0 saturated heterocycles. The third-order valence-electron chi connectivity index (χ3n) is 4.25. The van der Waals surface area contributed by atoms with Gasteiger partial charge in [-0.1, -0.05) is 35.9 Å². The zero-order valence-electron chi connectivity index (χ0n) is 14.8. The van der Waals surface area contributed by atoms with E-state index in [9.17, 15) is 9.59 Å². The van der Waals surface area contributed by atoms with E-state index in [1.807, 2.05) is 36.6 Å². The van der Waals surface area contributed by atoms with Crippen molar-refractivity contribution in [1.82, 2.24) is 0 Å². The molecule has 0 spiro atoms. The van der Waals surface area contributed by atoms with Gasteiger partial charge in [0.15, 0.2) is 5.76 Å². The molecule has 0 unspecified atom stereocenters. The molecule has 5 heteroatoms. The van der Waals surface area contributed by atoms with E-state index in [0.717, 1.165) is 11.1 Å². The summed E-state index contributed by atoms with van der Waals surface area (Å²) in [6, 6.07) is 14.6. The number of fused-ring (bicyclic) bond motifs is 1. The second-order valence-electron chi connectivity index (χ2n) is 6.33. The van der Waals surface area contributed by atoms with Crippen LogP contribution in [0, 0.1) is 13.8 Å². The highest BCUT2D eigenvalue weighted by Gasteiger charge is 2.30. The van der Waals surface area contributed by atoms with Crippen molar-refractivity contribution in [3.8, 4) is 11.5 Å². The van der Waals surface area contributed by atoms with Crippen molar-refractivity contribution in [1.29, 1.82) is 0 Å². The first kappa shape index (κ1) is 17.2. The highest BCUT2D eigenvalue weighted by Crippen LogP contribution is 2.37. The van der Waals surface area contributed by atoms with E-state index >= 15 is 0 Å². The van der Waals surface area contributed by atoms with Crippen LogP contribution >= 0.6 is 11.3 Å². The number of hydrogen-bond donors (Lipinski definition) is 0. The smallest absolute Gasteiger partial charge is 0.353 e. The van der Waals surface area contributed by atoms with E-state index < -0.39 is 5.97 Å². The van der Waals surface area contributed by atoms with Gasteiger partial charge in [0.05, 0.1) is 5.56 Å². The maximum absolute atomic E-state index is 12.7. The molecule has 0 N–H and O–H groups in total. The lowest BCUT2D eigenvalue weighted by Gasteiger charge is -2.06. The molecule has 0 aliphatic carbocycles. The van der Waals surface area contributed by atoms with Crippen LogP contribution in [0.25, 0.3) is 6.08 Å². The normalized spacial score (nSPS) is 14.1. The number of hydrogen-bond acceptors (Lipinski definition) is 5. The van der Waals surface area contributed by atoms with Gasteiger partial charge in [-0.25, -0.2) is 4.79 Å². The van der Waals surface area contributed by atoms with Crippen LogP contribution in [-0.2, 0) is 0 Å². The minimum atomic E-state index is -0.427. The zero-order valence-corrected chi connectivity index (χ0v) is 15.6. The lowest BCUT2D eigenvalue weighted by Crippen LogP contribution is -2.06. The minimum absolute atomic E-state index is 0.167. The summed E-state index contributed by atoms with van der Waals surface area (Å²) >= 11 is 1.31. The van der Waals surface area contributed by atoms with Crippen LogP contribution in [0.15, 0.2) is 59.7 Å². The summed E-state index contributed by atoms with van der Waals surface area (Å²) in [7, 11) is 0. The molecular weight excluding hydrogens is 360 g/mol. The number of benzene rings is 2. The molecule has 0 atom stereocenters. The maximum atomic E-state index is 12.7. The van der Waals surface area contributed by atoms with Crippen LogP contribution in [0.2, 0.25) is 0 Å². The molecule has 1 aliphatic heterocycles. The average molecular weight is 376 g/mol. The van der Waals surface area contributed by atoms with Crippen molar-refractivity contribution in [3.05, 3.63) is 86.8 Å². The van der Waals surface area contributed by atoms with Crippen molar-refractivity contribution in [2.45, 2.75) is 13.8 Å². The molecule has 2 heterocycles. The Bertz CT molecular complexity index is 1060. The van der Waals surface area contributed by atoms with Crippen molar-refractivity contribution < 1.29 is 19.1 Å². The van der Waals surface area contributed by atoms with Gasteiger partial charge in [0.25, 0.3) is 0 Å². The highest BCUT2D eigenvalue weighted by atomic mass is 32.1. The van der Waals surface area contributed by atoms with E-state index in [1.165, 1.54) is 11.3 Å². The Kier molecular flexibility index (Phi) is 4.38. The molecule has 0 saturated carbocycles. The van der Waals surface area contributed by atoms with Crippen LogP contribution < -0.4 is 9.47 Å². The molecule has 0 bridgehead atoms. The van der Waals surface area contributed by atoms with Crippen LogP contribution in [0.4, 0.5) is 0 Å². The lowest BCUT2D eigenvalue weighted by molar-refractivity contribution is 0.0739. The first-order chi connectivity index (χ1) is 13.0. The van der Waals surface area contributed by atoms with Crippen molar-refractivity contribution in [2.24, 2.45) is 0 Å². The third kappa shape index (κ3) is 3.41. The van der Waals surface area contributed by atoms with Gasteiger partial charge in [-0.2, -0.15) is 0 Å². The molecule has 0 amide bonds. The number of rotatable bonds is 3. The number of esters is 1. The Morgan fingerprint density at radius 2 is 1.89 bits per heavy atom. The van der Waals surface area contributed by atoms with Gasteiger partial charge in [0.1, 0.15) is 16.4 Å². The van der Waals surface area contributed by atoms with Gasteiger partial charge in [-0.05, 0) is 48.6 Å². The predicted molar refractivity (Wildman–Crippen MR) is 105 cm³/mol. The Balaban J connectivity index is 1.62. The Hall–Kier alpha value is -3.18. The standard InChI is InChI=1S/C22H16O4S/c1-13-5-7-15(8-6-13)11-18-21(23)20-14(2)10-16(12-17(20)26-18)25-22(24)19-4-3-9-27-19/h3-12H,1-2H3/b18-11-. The summed E-state index contributed by atoms with van der Waals surface area (Å²) in [6.07, 6.45) is 1.72. The Morgan fingerprint density at radius 3 is 2.59 bits per heavy atom. The van der Waals surface area contributed by atoms with Gasteiger partial charge in [-0.15, -0.1) is 11.3 Å². The fraction of sp³-hybridized carbons (Fsp3) is 0.0909. The number of thiophene rings is 1. The Labute approximate surface area is 160 Å². The number of aryl methyl sites for hydroxylation is 2. The topological polar surface area (TPSA) is 52.6 Å². The maximum Gasteiger partial charge on any atom is 0.353 e. The third-order valence-corrected chi connectivity index (χ3v) is 5.10. The van der Waals surface area contributed by atoms with Crippen LogP contribution in [0.1, 0.15) is 36.7 Å². The van der Waals surface area contributed by atoms with Crippen molar-refractivity contribution >= 4 is 29.2 Å². The van der Waals surface area contributed by atoms with Crippen molar-refractivity contribution in [2.75, 3.05) is 0 Å². The van der Waals surface area contributed by atoms with E-state index in [1.54, 1.807) is 37.3 Å². The molecule has 134 valence electrons. The second-order valence-corrected chi connectivity index (χ2v) is 7.28. The zero-order chi connectivity index (χ0) is 19.0. The lowest BCUT2D eigenvalue weighted by atomic mass is 10.0. The predicted octanol–water partition coefficient (Wildman–Crippen LogP) is 5.20. The number of carbonyl (C=O) groups excluding carboxylic acids is 2. The molecule has 1 aliphatic rings. The summed E-state index contributed by atoms with van der Waals surface area (Å²) in [4.78, 5) is 25.4. The molecule has 0 radical (unpaired) electrons. The molecule has 3 aromatic rings. The first-order valence-corrected chi connectivity index (χ1v) is 9.30.